The number of H-pyrrole nitrogens is 1. The van der Waals surface area contributed by atoms with E-state index in [1.165, 1.54) is 6.39 Å². The summed E-state index contributed by atoms with van der Waals surface area (Å²) in [6.07, 6.45) is 2.16. The van der Waals surface area contributed by atoms with E-state index in [0.29, 0.717) is 6.54 Å². The van der Waals surface area contributed by atoms with Crippen LogP contribution in [-0.2, 0) is 6.42 Å². The lowest BCUT2D eigenvalue weighted by molar-refractivity contribution is 0.602. The van der Waals surface area contributed by atoms with Crippen molar-refractivity contribution in [2.45, 2.75) is 6.42 Å². The third kappa shape index (κ3) is 1.93. The molecule has 0 spiro atoms. The van der Waals surface area contributed by atoms with Gasteiger partial charge in [0, 0.05) is 12.0 Å². The minimum absolute atomic E-state index is 0.570. The first-order valence-corrected chi connectivity index (χ1v) is 6.35. The molecule has 0 saturated heterocycles. The molecule has 6 heteroatoms. The van der Waals surface area contributed by atoms with E-state index >= 15 is 0 Å². The van der Waals surface area contributed by atoms with E-state index in [0.717, 1.165) is 39.2 Å². The maximum Gasteiger partial charge on any atom is 0.181 e. The predicted molar refractivity (Wildman–Crippen MR) is 72.0 cm³/mol. The molecule has 0 unspecified atom stereocenters. The van der Waals surface area contributed by atoms with Crippen molar-refractivity contribution in [2.75, 3.05) is 6.54 Å². The third-order valence-electron chi connectivity index (χ3n) is 2.69. The number of halogens is 1. The Morgan fingerprint density at radius 1 is 1.39 bits per heavy atom. The van der Waals surface area contributed by atoms with Crippen molar-refractivity contribution in [3.63, 3.8) is 0 Å². The highest BCUT2D eigenvalue weighted by atomic mass is 79.9. The van der Waals surface area contributed by atoms with Crippen molar-refractivity contribution < 1.29 is 4.42 Å². The molecule has 5 nitrogen and oxygen atoms in total. The Bertz CT molecular complexity index is 688. The van der Waals surface area contributed by atoms with Crippen LogP contribution in [0.3, 0.4) is 0 Å². The molecule has 0 radical (unpaired) electrons. The Labute approximate surface area is 112 Å². The molecular formula is C12H11BrN4O. The summed E-state index contributed by atoms with van der Waals surface area (Å²) < 4.78 is 6.14. The Kier molecular flexibility index (Phi) is 2.89. The third-order valence-corrected chi connectivity index (χ3v) is 3.27. The Hall–Kier alpha value is -1.66. The van der Waals surface area contributed by atoms with Gasteiger partial charge in [0.05, 0.1) is 0 Å². The lowest BCUT2D eigenvalue weighted by Gasteiger charge is -1.96. The van der Waals surface area contributed by atoms with E-state index in [2.05, 4.69) is 30.9 Å². The van der Waals surface area contributed by atoms with Gasteiger partial charge in [0.2, 0.25) is 0 Å². The minimum atomic E-state index is 0.570. The zero-order chi connectivity index (χ0) is 12.5. The summed E-state index contributed by atoms with van der Waals surface area (Å²) >= 11 is 3.47. The van der Waals surface area contributed by atoms with Gasteiger partial charge >= 0.3 is 0 Å². The fraction of sp³-hybridized carbons (Fsp3) is 0.167. The van der Waals surface area contributed by atoms with Crippen LogP contribution in [0.1, 0.15) is 5.82 Å². The number of oxazole rings is 1. The van der Waals surface area contributed by atoms with Crippen LogP contribution in [0.4, 0.5) is 0 Å². The molecule has 0 bridgehead atoms. The van der Waals surface area contributed by atoms with Crippen molar-refractivity contribution in [3.05, 3.63) is 35.0 Å². The molecule has 18 heavy (non-hydrogen) atoms. The largest absolute Gasteiger partial charge is 0.443 e. The monoisotopic (exact) mass is 306 g/mol. The van der Waals surface area contributed by atoms with Crippen LogP contribution in [0.5, 0.6) is 0 Å². The van der Waals surface area contributed by atoms with Gasteiger partial charge in [-0.05, 0) is 34.6 Å². The van der Waals surface area contributed by atoms with E-state index in [1.807, 2.05) is 18.2 Å². The molecule has 2 heterocycles. The lowest BCUT2D eigenvalue weighted by Crippen LogP contribution is -2.03. The number of fused-ring (bicyclic) bond motifs is 1. The highest BCUT2D eigenvalue weighted by Gasteiger charge is 2.11. The second kappa shape index (κ2) is 4.55. The molecule has 0 aliphatic carbocycles. The molecule has 3 rings (SSSR count). The molecule has 0 amide bonds. The van der Waals surface area contributed by atoms with Gasteiger partial charge in [0.1, 0.15) is 21.6 Å². The first-order chi connectivity index (χ1) is 8.78. The van der Waals surface area contributed by atoms with Crippen LogP contribution in [0.25, 0.3) is 22.4 Å². The summed E-state index contributed by atoms with van der Waals surface area (Å²) in [7, 11) is 0. The molecule has 0 aliphatic rings. The topological polar surface area (TPSA) is 80.7 Å². The van der Waals surface area contributed by atoms with Gasteiger partial charge in [-0.1, -0.05) is 6.07 Å². The van der Waals surface area contributed by atoms with Crippen LogP contribution < -0.4 is 5.73 Å². The number of imidazole rings is 1. The molecule has 0 atom stereocenters. The zero-order valence-electron chi connectivity index (χ0n) is 9.48. The molecule has 1 aromatic carbocycles. The lowest BCUT2D eigenvalue weighted by atomic mass is 10.1. The molecule has 0 aliphatic heterocycles. The smallest absolute Gasteiger partial charge is 0.181 e. The van der Waals surface area contributed by atoms with Gasteiger partial charge in [0.15, 0.2) is 12.0 Å². The summed E-state index contributed by atoms with van der Waals surface area (Å²) in [5.74, 6) is 0.872. The predicted octanol–water partition coefficient (Wildman–Crippen LogP) is 2.48. The number of rotatable bonds is 3. The number of hydrogen-bond acceptors (Lipinski definition) is 4. The van der Waals surface area contributed by atoms with Crippen molar-refractivity contribution >= 4 is 27.0 Å². The molecular weight excluding hydrogens is 296 g/mol. The van der Waals surface area contributed by atoms with Crippen LogP contribution in [0.2, 0.25) is 0 Å². The molecule has 0 saturated carbocycles. The Balaban J connectivity index is 2.07. The van der Waals surface area contributed by atoms with E-state index < -0.39 is 0 Å². The van der Waals surface area contributed by atoms with Crippen LogP contribution in [0.15, 0.2) is 33.6 Å². The van der Waals surface area contributed by atoms with Crippen molar-refractivity contribution in [1.29, 1.82) is 0 Å². The Morgan fingerprint density at radius 2 is 2.28 bits per heavy atom. The van der Waals surface area contributed by atoms with Gasteiger partial charge in [-0.2, -0.15) is 0 Å². The first kappa shape index (κ1) is 11.4. The van der Waals surface area contributed by atoms with Gasteiger partial charge < -0.3 is 15.1 Å². The number of benzene rings is 1. The molecule has 3 N–H and O–H groups in total. The van der Waals surface area contributed by atoms with Crippen LogP contribution in [0, 0.1) is 0 Å². The summed E-state index contributed by atoms with van der Waals surface area (Å²) in [4.78, 5) is 11.8. The van der Waals surface area contributed by atoms with Crippen molar-refractivity contribution in [2.24, 2.45) is 5.73 Å². The SMILES string of the molecule is NCCc1nc(-c2ccc3ncoc3c2)c(Br)[nH]1. The first-order valence-electron chi connectivity index (χ1n) is 5.56. The normalized spacial score (nSPS) is 11.2. The quantitative estimate of drug-likeness (QED) is 0.779. The average Bonchev–Trinajstić information content (AvgIpc) is 2.95. The highest BCUT2D eigenvalue weighted by molar-refractivity contribution is 9.10. The number of aromatic amines is 1. The van der Waals surface area contributed by atoms with Crippen molar-refractivity contribution in [1.82, 2.24) is 15.0 Å². The van der Waals surface area contributed by atoms with Gasteiger partial charge in [0.25, 0.3) is 0 Å². The number of aromatic nitrogens is 3. The summed E-state index contributed by atoms with van der Waals surface area (Å²) in [5.41, 5.74) is 8.95. The number of nitrogens with one attached hydrogen (secondary N) is 1. The maximum atomic E-state index is 5.52. The summed E-state index contributed by atoms with van der Waals surface area (Å²) in [6.45, 7) is 0.570. The van der Waals surface area contributed by atoms with Crippen LogP contribution >= 0.6 is 15.9 Å². The standard InChI is InChI=1S/C12H11BrN4O/c13-12-11(16-10(17-12)3-4-14)7-1-2-8-9(5-7)18-6-15-8/h1-2,5-6H,3-4,14H2,(H,16,17). The van der Waals surface area contributed by atoms with E-state index in [1.54, 1.807) is 0 Å². The highest BCUT2D eigenvalue weighted by Crippen LogP contribution is 2.28. The Morgan fingerprint density at radius 3 is 3.11 bits per heavy atom. The van der Waals surface area contributed by atoms with Crippen molar-refractivity contribution in [3.8, 4) is 11.3 Å². The second-order valence-electron chi connectivity index (χ2n) is 3.92. The van der Waals surface area contributed by atoms with Crippen LogP contribution in [-0.4, -0.2) is 21.5 Å². The fourth-order valence-corrected chi connectivity index (χ4v) is 2.39. The maximum absolute atomic E-state index is 5.52. The number of nitrogens with two attached hydrogens (primary N) is 1. The van der Waals surface area contributed by atoms with Gasteiger partial charge in [-0.3, -0.25) is 0 Å². The fourth-order valence-electron chi connectivity index (χ4n) is 1.85. The van der Waals surface area contributed by atoms with Gasteiger partial charge in [-0.15, -0.1) is 0 Å². The minimum Gasteiger partial charge on any atom is -0.443 e. The zero-order valence-corrected chi connectivity index (χ0v) is 11.1. The number of nitrogens with zero attached hydrogens (tertiary/aromatic N) is 2. The van der Waals surface area contributed by atoms with E-state index in [-0.39, 0.29) is 0 Å². The molecule has 2 aromatic heterocycles. The average molecular weight is 307 g/mol. The summed E-state index contributed by atoms with van der Waals surface area (Å²) in [5, 5.41) is 0. The second-order valence-corrected chi connectivity index (χ2v) is 4.71. The van der Waals surface area contributed by atoms with E-state index in [9.17, 15) is 0 Å². The summed E-state index contributed by atoms with van der Waals surface area (Å²) in [6, 6.07) is 5.81. The molecule has 0 fully saturated rings. The van der Waals surface area contributed by atoms with E-state index in [4.69, 9.17) is 10.2 Å². The molecule has 3 aromatic rings. The number of hydrogen-bond donors (Lipinski definition) is 2. The molecule has 92 valence electrons. The van der Waals surface area contributed by atoms with Gasteiger partial charge in [-0.25, -0.2) is 9.97 Å².